The molecule has 262 valence electrons. The van der Waals surface area contributed by atoms with E-state index in [0.717, 1.165) is 44.8 Å². The van der Waals surface area contributed by atoms with E-state index in [0.29, 0.717) is 11.7 Å². The van der Waals surface area contributed by atoms with Crippen molar-refractivity contribution in [3.05, 3.63) is 217 Å². The highest BCUT2D eigenvalue weighted by Crippen LogP contribution is 2.41. The lowest BCUT2D eigenvalue weighted by atomic mass is 9.89. The smallest absolute Gasteiger partial charge is 0.286 e. The van der Waals surface area contributed by atoms with E-state index in [-0.39, 0.29) is 0 Å². The number of rotatable bonds is 7. The van der Waals surface area contributed by atoms with Crippen molar-refractivity contribution in [2.24, 2.45) is 0 Å². The molecule has 4 heteroatoms. The van der Waals surface area contributed by atoms with Crippen LogP contribution < -0.4 is 10.3 Å². The second-order valence-electron chi connectivity index (χ2n) is 13.9. The Morgan fingerprint density at radius 3 is 1.67 bits per heavy atom. The van der Waals surface area contributed by atoms with E-state index in [4.69, 9.17) is 5.41 Å². The van der Waals surface area contributed by atoms with Crippen LogP contribution in [-0.2, 0) is 0 Å². The fourth-order valence-corrected chi connectivity index (χ4v) is 7.69. The Balaban J connectivity index is 1.09. The Labute approximate surface area is 321 Å². The van der Waals surface area contributed by atoms with E-state index >= 15 is 0 Å². The number of fused-ring (bicyclic) bond motifs is 3. The SMILES string of the molecule is Cc1ccc(N(C(=N)c2ccccc2)C(=[NH2+])c2ccc(-c3ccccc3-c3ccccc3-c3ccc4c(c3)c3ccccc3n4-c3ccccc3)cc2)cc1. The molecule has 0 aliphatic carbocycles. The number of aryl methyl sites for hydroxylation is 1. The third-order valence-electron chi connectivity index (χ3n) is 10.4. The van der Waals surface area contributed by atoms with Crippen molar-refractivity contribution < 1.29 is 5.41 Å². The molecule has 0 bridgehead atoms. The molecule has 0 saturated heterocycles. The van der Waals surface area contributed by atoms with Gasteiger partial charge in [-0.1, -0.05) is 139 Å². The molecule has 3 N–H and O–H groups in total. The molecule has 0 spiro atoms. The number of benzene rings is 8. The number of hydrogen-bond donors (Lipinski definition) is 2. The van der Waals surface area contributed by atoms with Crippen LogP contribution >= 0.6 is 0 Å². The summed E-state index contributed by atoms with van der Waals surface area (Å²) in [5.74, 6) is 0.808. The van der Waals surface area contributed by atoms with Crippen LogP contribution in [-0.4, -0.2) is 16.2 Å². The molecular formula is C51H39N4+. The minimum atomic E-state index is 0.316. The zero-order valence-electron chi connectivity index (χ0n) is 30.5. The lowest BCUT2D eigenvalue weighted by molar-refractivity contribution is -0.113. The summed E-state index contributed by atoms with van der Waals surface area (Å²) in [7, 11) is 0. The summed E-state index contributed by atoms with van der Waals surface area (Å²) in [6, 6.07) is 69.6. The molecule has 0 amide bonds. The van der Waals surface area contributed by atoms with E-state index in [9.17, 15) is 5.41 Å². The van der Waals surface area contributed by atoms with Crippen LogP contribution in [0.5, 0.6) is 0 Å². The monoisotopic (exact) mass is 707 g/mol. The van der Waals surface area contributed by atoms with Gasteiger partial charge in [0, 0.05) is 22.0 Å². The maximum absolute atomic E-state index is 9.20. The van der Waals surface area contributed by atoms with Crippen LogP contribution in [0.25, 0.3) is 60.9 Å². The predicted molar refractivity (Wildman–Crippen MR) is 230 cm³/mol. The van der Waals surface area contributed by atoms with Crippen molar-refractivity contribution in [2.45, 2.75) is 6.92 Å². The molecule has 55 heavy (non-hydrogen) atoms. The fraction of sp³-hybridized carbons (Fsp3) is 0.0196. The second-order valence-corrected chi connectivity index (χ2v) is 13.9. The van der Waals surface area contributed by atoms with Gasteiger partial charge in [0.15, 0.2) is 0 Å². The zero-order chi connectivity index (χ0) is 37.3. The van der Waals surface area contributed by atoms with Crippen molar-refractivity contribution in [2.75, 3.05) is 4.90 Å². The summed E-state index contributed by atoms with van der Waals surface area (Å²) >= 11 is 0. The molecule has 0 unspecified atom stereocenters. The Bertz CT molecular complexity index is 2830. The number of nitrogens with two attached hydrogens (primary N) is 1. The molecule has 0 aliphatic rings. The summed E-state index contributed by atoms with van der Waals surface area (Å²) in [4.78, 5) is 1.82. The van der Waals surface area contributed by atoms with E-state index in [1.165, 1.54) is 38.5 Å². The standard InChI is InChI=1S/C51H38N4/c1-35-24-31-41(32-25-35)55(50(52)37-14-4-2-5-15-37)51(53)38-28-26-36(27-29-38)42-18-8-10-20-44(42)45-21-11-9-19-43(45)39-30-33-49-47(34-39)46-22-12-13-23-48(46)54(49)40-16-6-3-7-17-40/h2-34,52-53H,1H3/p+1. The van der Waals surface area contributed by atoms with Crippen LogP contribution in [0.4, 0.5) is 5.69 Å². The molecule has 0 aliphatic heterocycles. The van der Waals surface area contributed by atoms with Crippen LogP contribution in [0.15, 0.2) is 200 Å². The number of nitrogens with one attached hydrogen (secondary N) is 1. The van der Waals surface area contributed by atoms with Crippen molar-refractivity contribution in [1.82, 2.24) is 4.57 Å². The number of amidine groups is 2. The van der Waals surface area contributed by atoms with Gasteiger partial charge in [-0.2, -0.15) is 4.90 Å². The molecular weight excluding hydrogens is 669 g/mol. The molecule has 9 rings (SSSR count). The molecule has 0 atom stereocenters. The molecule has 9 aromatic rings. The number of para-hydroxylation sites is 2. The average molecular weight is 708 g/mol. The van der Waals surface area contributed by atoms with Gasteiger partial charge in [0.2, 0.25) is 5.84 Å². The molecule has 4 nitrogen and oxygen atoms in total. The summed E-state index contributed by atoms with van der Waals surface area (Å²) in [6.07, 6.45) is 0. The number of aromatic nitrogens is 1. The summed E-state index contributed by atoms with van der Waals surface area (Å²) in [6.45, 7) is 2.06. The first-order valence-electron chi connectivity index (χ1n) is 18.6. The van der Waals surface area contributed by atoms with Gasteiger partial charge < -0.3 is 4.57 Å². The normalized spacial score (nSPS) is 11.1. The van der Waals surface area contributed by atoms with Crippen LogP contribution in [0, 0.1) is 12.3 Å². The number of nitrogens with zero attached hydrogens (tertiary/aromatic N) is 2. The van der Waals surface area contributed by atoms with Crippen molar-refractivity contribution in [1.29, 1.82) is 5.41 Å². The van der Waals surface area contributed by atoms with Gasteiger partial charge in [-0.05, 0) is 107 Å². The van der Waals surface area contributed by atoms with Gasteiger partial charge in [0.1, 0.15) is 5.69 Å². The van der Waals surface area contributed by atoms with E-state index in [1.54, 1.807) is 0 Å². The lowest BCUT2D eigenvalue weighted by Gasteiger charge is -2.19. The second kappa shape index (κ2) is 14.3. The first-order valence-corrected chi connectivity index (χ1v) is 18.6. The minimum absolute atomic E-state index is 0.316. The highest BCUT2D eigenvalue weighted by molar-refractivity contribution is 6.26. The van der Waals surface area contributed by atoms with Gasteiger partial charge >= 0.3 is 0 Å². The first-order chi connectivity index (χ1) is 27.0. The molecule has 0 radical (unpaired) electrons. The largest absolute Gasteiger partial charge is 0.309 e. The minimum Gasteiger partial charge on any atom is -0.309 e. The molecule has 0 fully saturated rings. The molecule has 1 heterocycles. The third-order valence-corrected chi connectivity index (χ3v) is 10.4. The van der Waals surface area contributed by atoms with Crippen LogP contribution in [0.2, 0.25) is 0 Å². The molecule has 0 saturated carbocycles. The van der Waals surface area contributed by atoms with Crippen molar-refractivity contribution >= 4 is 39.2 Å². The van der Waals surface area contributed by atoms with E-state index in [1.807, 2.05) is 59.5 Å². The van der Waals surface area contributed by atoms with Crippen molar-refractivity contribution in [3.63, 3.8) is 0 Å². The van der Waals surface area contributed by atoms with Crippen molar-refractivity contribution in [3.8, 4) is 39.1 Å². The van der Waals surface area contributed by atoms with Gasteiger partial charge in [-0.3, -0.25) is 10.8 Å². The molecule has 1 aromatic heterocycles. The highest BCUT2D eigenvalue weighted by atomic mass is 15.2. The quantitative estimate of drug-likeness (QED) is 0.126. The van der Waals surface area contributed by atoms with E-state index < -0.39 is 0 Å². The van der Waals surface area contributed by atoms with E-state index in [2.05, 4.69) is 157 Å². The Hall–Kier alpha value is -7.30. The van der Waals surface area contributed by atoms with Gasteiger partial charge in [-0.15, -0.1) is 0 Å². The Morgan fingerprint density at radius 1 is 0.473 bits per heavy atom. The summed E-state index contributed by atoms with van der Waals surface area (Å²) in [5.41, 5.74) is 14.0. The fourth-order valence-electron chi connectivity index (χ4n) is 7.69. The summed E-state index contributed by atoms with van der Waals surface area (Å²) < 4.78 is 2.36. The van der Waals surface area contributed by atoms with Gasteiger partial charge in [-0.25, -0.2) is 0 Å². The topological polar surface area (TPSA) is 57.6 Å². The highest BCUT2D eigenvalue weighted by Gasteiger charge is 2.28. The Kier molecular flexibility index (Phi) is 8.69. The van der Waals surface area contributed by atoms with Gasteiger partial charge in [0.05, 0.1) is 16.6 Å². The predicted octanol–water partition coefficient (Wildman–Crippen LogP) is 11.1. The maximum atomic E-state index is 9.20. The maximum Gasteiger partial charge on any atom is 0.286 e. The third kappa shape index (κ3) is 6.20. The Morgan fingerprint density at radius 2 is 1.00 bits per heavy atom. The summed E-state index contributed by atoms with van der Waals surface area (Å²) in [5, 5.41) is 18.6. The number of hydrogen-bond acceptors (Lipinski definition) is 1. The number of anilines is 1. The zero-order valence-corrected chi connectivity index (χ0v) is 30.5. The van der Waals surface area contributed by atoms with Crippen LogP contribution in [0.3, 0.4) is 0 Å². The average Bonchev–Trinajstić information content (AvgIpc) is 3.59. The first kappa shape index (κ1) is 33.5. The lowest BCUT2D eigenvalue weighted by Crippen LogP contribution is -2.54. The molecule has 8 aromatic carbocycles. The van der Waals surface area contributed by atoms with Gasteiger partial charge in [0.25, 0.3) is 5.84 Å². The van der Waals surface area contributed by atoms with Crippen LogP contribution in [0.1, 0.15) is 16.7 Å².